The number of ether oxygens (including phenoxy) is 1. The molecule has 0 spiro atoms. The first-order valence-corrected chi connectivity index (χ1v) is 11.0. The van der Waals surface area contributed by atoms with Gasteiger partial charge in [-0.2, -0.15) is 4.31 Å². The molecule has 1 N–H and O–H groups in total. The van der Waals surface area contributed by atoms with E-state index in [-0.39, 0.29) is 5.92 Å². The summed E-state index contributed by atoms with van der Waals surface area (Å²) in [6.45, 7) is 4.22. The van der Waals surface area contributed by atoms with Gasteiger partial charge < -0.3 is 14.6 Å². The van der Waals surface area contributed by atoms with E-state index in [9.17, 15) is 8.42 Å². The molecule has 8 nitrogen and oxygen atoms in total. The molecule has 0 amide bonds. The first-order valence-electron chi connectivity index (χ1n) is 9.51. The summed E-state index contributed by atoms with van der Waals surface area (Å²) in [5.74, 6) is 3.06. The van der Waals surface area contributed by atoms with Crippen molar-refractivity contribution in [3.8, 4) is 5.75 Å². The van der Waals surface area contributed by atoms with Gasteiger partial charge in [-0.3, -0.25) is 0 Å². The van der Waals surface area contributed by atoms with Gasteiger partial charge in [-0.1, -0.05) is 0 Å². The smallest absolute Gasteiger partial charge is 0.243 e. The van der Waals surface area contributed by atoms with Gasteiger partial charge in [-0.05, 0) is 36.6 Å². The summed E-state index contributed by atoms with van der Waals surface area (Å²) >= 11 is 0. The number of nitrogens with one attached hydrogen (secondary N) is 1. The Kier molecular flexibility index (Phi) is 4.18. The average molecular weight is 389 g/mol. The van der Waals surface area contributed by atoms with Gasteiger partial charge in [0.25, 0.3) is 0 Å². The third-order valence-electron chi connectivity index (χ3n) is 5.77. The first kappa shape index (κ1) is 17.2. The molecular formula is C18H23N5O3S. The predicted molar refractivity (Wildman–Crippen MR) is 98.1 cm³/mol. The number of sulfonamides is 1. The van der Waals surface area contributed by atoms with E-state index in [0.717, 1.165) is 61.9 Å². The molecular weight excluding hydrogens is 366 g/mol. The van der Waals surface area contributed by atoms with Crippen LogP contribution in [0.4, 0.5) is 0 Å². The molecule has 9 heteroatoms. The maximum Gasteiger partial charge on any atom is 0.243 e. The van der Waals surface area contributed by atoms with Crippen molar-refractivity contribution in [2.24, 2.45) is 0 Å². The first-order chi connectivity index (χ1) is 13.1. The molecule has 0 atom stereocenters. The number of hydrogen-bond acceptors (Lipinski definition) is 6. The Morgan fingerprint density at radius 2 is 2.00 bits per heavy atom. The number of piperidine rings is 1. The topological polar surface area (TPSA) is 89.4 Å². The summed E-state index contributed by atoms with van der Waals surface area (Å²) in [4.78, 5) is 0.371. The van der Waals surface area contributed by atoms with Crippen LogP contribution in [0.3, 0.4) is 0 Å². The van der Waals surface area contributed by atoms with Crippen molar-refractivity contribution in [1.82, 2.24) is 24.4 Å². The third kappa shape index (κ3) is 2.94. The van der Waals surface area contributed by atoms with E-state index in [0.29, 0.717) is 24.6 Å². The largest absolute Gasteiger partial charge is 0.493 e. The van der Waals surface area contributed by atoms with Gasteiger partial charge in [-0.25, -0.2) is 8.42 Å². The quantitative estimate of drug-likeness (QED) is 0.838. The van der Waals surface area contributed by atoms with Crippen LogP contribution in [0.5, 0.6) is 5.75 Å². The fourth-order valence-electron chi connectivity index (χ4n) is 4.24. The number of nitrogens with zero attached hydrogens (tertiary/aromatic N) is 4. The van der Waals surface area contributed by atoms with Gasteiger partial charge in [0.1, 0.15) is 17.4 Å². The Bertz CT molecular complexity index is 963. The fourth-order valence-corrected chi connectivity index (χ4v) is 5.76. The summed E-state index contributed by atoms with van der Waals surface area (Å²) in [5.41, 5.74) is 0.981. The summed E-state index contributed by atoms with van der Waals surface area (Å²) < 4.78 is 35.4. The van der Waals surface area contributed by atoms with Crippen molar-refractivity contribution in [1.29, 1.82) is 0 Å². The highest BCUT2D eigenvalue weighted by Gasteiger charge is 2.33. The minimum Gasteiger partial charge on any atom is -0.493 e. The number of rotatable bonds is 3. The van der Waals surface area contributed by atoms with Gasteiger partial charge >= 0.3 is 0 Å². The van der Waals surface area contributed by atoms with Gasteiger partial charge in [0.15, 0.2) is 0 Å². The Hall–Kier alpha value is -1.97. The molecule has 3 aliphatic heterocycles. The van der Waals surface area contributed by atoms with Crippen LogP contribution >= 0.6 is 0 Å². The summed E-state index contributed by atoms with van der Waals surface area (Å²) in [5, 5.41) is 12.0. The highest BCUT2D eigenvalue weighted by atomic mass is 32.2. The zero-order valence-electron chi connectivity index (χ0n) is 15.1. The molecule has 2 aromatic rings. The van der Waals surface area contributed by atoms with Crippen molar-refractivity contribution in [3.63, 3.8) is 0 Å². The lowest BCUT2D eigenvalue weighted by atomic mass is 9.97. The van der Waals surface area contributed by atoms with E-state index in [1.165, 1.54) is 0 Å². The lowest BCUT2D eigenvalue weighted by molar-refractivity contribution is 0.307. The summed E-state index contributed by atoms with van der Waals surface area (Å²) in [6, 6.07) is 5.21. The van der Waals surface area contributed by atoms with Gasteiger partial charge in [0.05, 0.1) is 18.0 Å². The van der Waals surface area contributed by atoms with E-state index in [1.54, 1.807) is 22.5 Å². The number of fused-ring (bicyclic) bond motifs is 2. The fraction of sp³-hybridized carbons (Fsp3) is 0.556. The van der Waals surface area contributed by atoms with Crippen molar-refractivity contribution >= 4 is 10.0 Å². The normalized spacial score (nSPS) is 20.9. The minimum absolute atomic E-state index is 0.268. The monoisotopic (exact) mass is 389 g/mol. The highest BCUT2D eigenvalue weighted by Crippen LogP contribution is 2.33. The second-order valence-electron chi connectivity index (χ2n) is 7.35. The molecule has 1 fully saturated rings. The van der Waals surface area contributed by atoms with Crippen LogP contribution in [0, 0.1) is 0 Å². The molecule has 1 saturated heterocycles. The standard InChI is InChI=1S/C18H23N5O3S/c24-27(25,15-1-2-16-14(11-15)5-10-26-16)22-7-3-13(4-8-22)18-21-20-17-12-19-6-9-23(17)18/h1-2,11,13,19H,3-10,12H2. The van der Waals surface area contributed by atoms with E-state index < -0.39 is 10.0 Å². The number of hydrogen-bond donors (Lipinski definition) is 1. The molecule has 0 saturated carbocycles. The van der Waals surface area contributed by atoms with Crippen LogP contribution in [0.2, 0.25) is 0 Å². The molecule has 0 bridgehead atoms. The van der Waals surface area contributed by atoms with Crippen molar-refractivity contribution in [2.75, 3.05) is 26.2 Å². The Balaban J connectivity index is 1.32. The molecule has 3 aliphatic rings. The lowest BCUT2D eigenvalue weighted by Crippen LogP contribution is -2.38. The maximum atomic E-state index is 13.1. The van der Waals surface area contributed by atoms with Crippen molar-refractivity contribution < 1.29 is 13.2 Å². The summed E-state index contributed by atoms with van der Waals surface area (Å²) in [7, 11) is -3.47. The van der Waals surface area contributed by atoms with Crippen LogP contribution < -0.4 is 10.1 Å². The maximum absolute atomic E-state index is 13.1. The molecule has 1 aromatic heterocycles. The van der Waals surface area contributed by atoms with Gasteiger partial charge in [-0.15, -0.1) is 10.2 Å². The molecule has 4 heterocycles. The molecule has 144 valence electrons. The predicted octanol–water partition coefficient (Wildman–Crippen LogP) is 0.885. The van der Waals surface area contributed by atoms with Crippen LogP contribution in [-0.4, -0.2) is 53.7 Å². The number of aromatic nitrogens is 3. The molecule has 27 heavy (non-hydrogen) atoms. The van der Waals surface area contributed by atoms with Crippen molar-refractivity contribution in [2.45, 2.75) is 43.2 Å². The van der Waals surface area contributed by atoms with Crippen molar-refractivity contribution in [3.05, 3.63) is 35.4 Å². The van der Waals surface area contributed by atoms with E-state index in [4.69, 9.17) is 4.74 Å². The summed E-state index contributed by atoms with van der Waals surface area (Å²) in [6.07, 6.45) is 2.32. The van der Waals surface area contributed by atoms with Gasteiger partial charge in [0.2, 0.25) is 10.0 Å². The lowest BCUT2D eigenvalue weighted by Gasteiger charge is -2.31. The third-order valence-corrected chi connectivity index (χ3v) is 7.66. The Morgan fingerprint density at radius 3 is 2.85 bits per heavy atom. The van der Waals surface area contributed by atoms with Crippen LogP contribution in [-0.2, 0) is 29.5 Å². The average Bonchev–Trinajstić information content (AvgIpc) is 3.34. The second-order valence-corrected chi connectivity index (χ2v) is 9.29. The molecule has 5 rings (SSSR count). The van der Waals surface area contributed by atoms with Crippen LogP contribution in [0.1, 0.15) is 36.0 Å². The van der Waals surface area contributed by atoms with E-state index in [2.05, 4.69) is 20.1 Å². The highest BCUT2D eigenvalue weighted by molar-refractivity contribution is 7.89. The molecule has 0 aliphatic carbocycles. The Labute approximate surface area is 158 Å². The molecule has 0 radical (unpaired) electrons. The van der Waals surface area contributed by atoms with E-state index >= 15 is 0 Å². The zero-order valence-corrected chi connectivity index (χ0v) is 15.9. The zero-order chi connectivity index (χ0) is 18.4. The Morgan fingerprint density at radius 1 is 1.15 bits per heavy atom. The number of benzene rings is 1. The van der Waals surface area contributed by atoms with Crippen LogP contribution in [0.25, 0.3) is 0 Å². The SMILES string of the molecule is O=S(=O)(c1ccc2c(c1)CCO2)N1CCC(c2nnc3n2CCNC3)CC1. The van der Waals surface area contributed by atoms with Gasteiger partial charge in [0, 0.05) is 38.5 Å². The molecule has 0 unspecified atom stereocenters. The molecule has 1 aromatic carbocycles. The van der Waals surface area contributed by atoms with E-state index in [1.807, 2.05) is 0 Å². The van der Waals surface area contributed by atoms with Crippen LogP contribution in [0.15, 0.2) is 23.1 Å². The second kappa shape index (κ2) is 6.57. The minimum atomic E-state index is -3.47.